The van der Waals surface area contributed by atoms with Crippen molar-refractivity contribution < 1.29 is 9.53 Å². The lowest BCUT2D eigenvalue weighted by Crippen LogP contribution is -2.48. The van der Waals surface area contributed by atoms with Gasteiger partial charge in [0.1, 0.15) is 0 Å². The van der Waals surface area contributed by atoms with Gasteiger partial charge >= 0.3 is 0 Å². The number of hydrogen-bond donors (Lipinski definition) is 0. The molecule has 0 unspecified atom stereocenters. The number of piperazine rings is 1. The summed E-state index contributed by atoms with van der Waals surface area (Å²) in [6.07, 6.45) is 0.465. The van der Waals surface area contributed by atoms with E-state index in [0.29, 0.717) is 6.42 Å². The molecule has 1 aliphatic rings. The molecule has 0 bridgehead atoms. The number of likely N-dealkylation sites (N-methyl/N-ethyl adjacent to an activating group) is 1. The van der Waals surface area contributed by atoms with Gasteiger partial charge in [-0.05, 0) is 20.9 Å². The fraction of sp³-hybridized carbons (Fsp3) is 0.909. The molecule has 0 spiro atoms. The van der Waals surface area contributed by atoms with Gasteiger partial charge in [0.25, 0.3) is 0 Å². The van der Waals surface area contributed by atoms with Crippen molar-refractivity contribution >= 4 is 5.91 Å². The summed E-state index contributed by atoms with van der Waals surface area (Å²) in [5.41, 5.74) is -0.347. The molecule has 4 heteroatoms. The average molecular weight is 214 g/mol. The number of carbonyl (C=O) groups is 1. The first-order chi connectivity index (χ1) is 6.94. The quantitative estimate of drug-likeness (QED) is 0.689. The standard InChI is InChI=1S/C11H22N2O2/c1-11(2,15-4)9-10(14)13-7-5-12(3)6-8-13/h5-9H2,1-4H3. The van der Waals surface area contributed by atoms with Gasteiger partial charge in [0, 0.05) is 33.3 Å². The van der Waals surface area contributed by atoms with Gasteiger partial charge in [-0.1, -0.05) is 0 Å². The van der Waals surface area contributed by atoms with E-state index in [-0.39, 0.29) is 11.5 Å². The van der Waals surface area contributed by atoms with Crippen LogP contribution in [0.3, 0.4) is 0 Å². The van der Waals surface area contributed by atoms with Gasteiger partial charge in [-0.15, -0.1) is 0 Å². The second kappa shape index (κ2) is 4.94. The monoisotopic (exact) mass is 214 g/mol. The molecule has 15 heavy (non-hydrogen) atoms. The van der Waals surface area contributed by atoms with Gasteiger partial charge in [0.05, 0.1) is 12.0 Å². The maximum Gasteiger partial charge on any atom is 0.225 e. The van der Waals surface area contributed by atoms with Gasteiger partial charge in [0.15, 0.2) is 0 Å². The van der Waals surface area contributed by atoms with Crippen LogP contribution >= 0.6 is 0 Å². The van der Waals surface area contributed by atoms with Crippen molar-refractivity contribution in [1.82, 2.24) is 9.80 Å². The fourth-order valence-corrected chi connectivity index (χ4v) is 1.60. The summed E-state index contributed by atoms with van der Waals surface area (Å²) in [7, 11) is 3.73. The third-order valence-corrected chi connectivity index (χ3v) is 2.99. The molecule has 1 aliphatic heterocycles. The second-order valence-electron chi connectivity index (χ2n) is 4.82. The Morgan fingerprint density at radius 1 is 1.27 bits per heavy atom. The van der Waals surface area contributed by atoms with E-state index in [1.165, 1.54) is 0 Å². The first-order valence-corrected chi connectivity index (χ1v) is 5.46. The van der Waals surface area contributed by atoms with Crippen LogP contribution in [0.4, 0.5) is 0 Å². The topological polar surface area (TPSA) is 32.8 Å². The third kappa shape index (κ3) is 3.80. The van der Waals surface area contributed by atoms with Crippen LogP contribution in [-0.4, -0.2) is 61.6 Å². The molecule has 0 aromatic rings. The summed E-state index contributed by atoms with van der Waals surface area (Å²) in [6, 6.07) is 0. The number of carbonyl (C=O) groups excluding carboxylic acids is 1. The van der Waals surface area contributed by atoms with Gasteiger partial charge in [-0.2, -0.15) is 0 Å². The summed E-state index contributed by atoms with van der Waals surface area (Å²) >= 11 is 0. The van der Waals surface area contributed by atoms with E-state index in [9.17, 15) is 4.79 Å². The molecule has 1 rings (SSSR count). The molecule has 1 amide bonds. The zero-order chi connectivity index (χ0) is 11.5. The van der Waals surface area contributed by atoms with Crippen molar-refractivity contribution in [2.75, 3.05) is 40.3 Å². The molecule has 0 aromatic heterocycles. The highest BCUT2D eigenvalue weighted by Crippen LogP contribution is 2.15. The minimum Gasteiger partial charge on any atom is -0.378 e. The molecule has 0 N–H and O–H groups in total. The van der Waals surface area contributed by atoms with E-state index in [2.05, 4.69) is 11.9 Å². The Balaban J connectivity index is 2.41. The molecular weight excluding hydrogens is 192 g/mol. The maximum atomic E-state index is 11.9. The minimum atomic E-state index is -0.347. The Morgan fingerprint density at radius 3 is 2.27 bits per heavy atom. The Kier molecular flexibility index (Phi) is 4.11. The molecular formula is C11H22N2O2. The van der Waals surface area contributed by atoms with Crippen molar-refractivity contribution in [2.45, 2.75) is 25.9 Å². The van der Waals surface area contributed by atoms with E-state index >= 15 is 0 Å². The predicted octanol–water partition coefficient (Wildman–Crippen LogP) is 0.575. The van der Waals surface area contributed by atoms with Crippen molar-refractivity contribution in [1.29, 1.82) is 0 Å². The number of amides is 1. The van der Waals surface area contributed by atoms with Crippen molar-refractivity contribution in [3.05, 3.63) is 0 Å². The van der Waals surface area contributed by atoms with Crippen LogP contribution in [0.5, 0.6) is 0 Å². The summed E-state index contributed by atoms with van der Waals surface area (Å²) in [5, 5.41) is 0. The lowest BCUT2D eigenvalue weighted by atomic mass is 10.0. The number of nitrogens with zero attached hydrogens (tertiary/aromatic N) is 2. The van der Waals surface area contributed by atoms with Gasteiger partial charge in [-0.3, -0.25) is 4.79 Å². The fourth-order valence-electron chi connectivity index (χ4n) is 1.60. The van der Waals surface area contributed by atoms with E-state index in [4.69, 9.17) is 4.74 Å². The molecule has 0 radical (unpaired) electrons. The first kappa shape index (κ1) is 12.5. The van der Waals surface area contributed by atoms with Crippen LogP contribution in [0.25, 0.3) is 0 Å². The Morgan fingerprint density at radius 2 is 1.80 bits per heavy atom. The highest BCUT2D eigenvalue weighted by molar-refractivity contribution is 5.77. The molecule has 1 heterocycles. The van der Waals surface area contributed by atoms with Crippen LogP contribution < -0.4 is 0 Å². The highest BCUT2D eigenvalue weighted by Gasteiger charge is 2.26. The van der Waals surface area contributed by atoms with Gasteiger partial charge in [0.2, 0.25) is 5.91 Å². The van der Waals surface area contributed by atoms with Crippen LogP contribution in [0.15, 0.2) is 0 Å². The smallest absolute Gasteiger partial charge is 0.225 e. The summed E-state index contributed by atoms with van der Waals surface area (Å²) in [6.45, 7) is 7.52. The molecule has 88 valence electrons. The van der Waals surface area contributed by atoms with Crippen LogP contribution in [0.2, 0.25) is 0 Å². The molecule has 0 atom stereocenters. The van der Waals surface area contributed by atoms with Crippen molar-refractivity contribution in [3.63, 3.8) is 0 Å². The summed E-state index contributed by atoms with van der Waals surface area (Å²) in [4.78, 5) is 16.1. The molecule has 1 saturated heterocycles. The van der Waals surface area contributed by atoms with Gasteiger partial charge < -0.3 is 14.5 Å². The van der Waals surface area contributed by atoms with E-state index in [1.807, 2.05) is 18.7 Å². The average Bonchev–Trinajstić information content (AvgIpc) is 2.18. The molecule has 0 aliphatic carbocycles. The minimum absolute atomic E-state index is 0.204. The number of rotatable bonds is 3. The van der Waals surface area contributed by atoms with E-state index in [0.717, 1.165) is 26.2 Å². The van der Waals surface area contributed by atoms with Crippen LogP contribution in [0, 0.1) is 0 Å². The summed E-state index contributed by atoms with van der Waals surface area (Å²) < 4.78 is 5.26. The normalized spacial score (nSPS) is 19.3. The third-order valence-electron chi connectivity index (χ3n) is 2.99. The SMILES string of the molecule is COC(C)(C)CC(=O)N1CCN(C)CC1. The first-order valence-electron chi connectivity index (χ1n) is 5.46. The lowest BCUT2D eigenvalue weighted by Gasteiger charge is -2.34. The molecule has 0 saturated carbocycles. The predicted molar refractivity (Wildman–Crippen MR) is 59.8 cm³/mol. The number of ether oxygens (including phenoxy) is 1. The van der Waals surface area contributed by atoms with Gasteiger partial charge in [-0.25, -0.2) is 0 Å². The maximum absolute atomic E-state index is 11.9. The Labute approximate surface area is 92.2 Å². The van der Waals surface area contributed by atoms with Crippen molar-refractivity contribution in [2.24, 2.45) is 0 Å². The number of methoxy groups -OCH3 is 1. The highest BCUT2D eigenvalue weighted by atomic mass is 16.5. The van der Waals surface area contributed by atoms with Crippen LogP contribution in [-0.2, 0) is 9.53 Å². The molecule has 0 aromatic carbocycles. The van der Waals surface area contributed by atoms with E-state index in [1.54, 1.807) is 7.11 Å². The van der Waals surface area contributed by atoms with E-state index < -0.39 is 0 Å². The zero-order valence-corrected chi connectivity index (χ0v) is 10.2. The second-order valence-corrected chi connectivity index (χ2v) is 4.82. The van der Waals surface area contributed by atoms with Crippen molar-refractivity contribution in [3.8, 4) is 0 Å². The zero-order valence-electron chi connectivity index (χ0n) is 10.2. The Bertz CT molecular complexity index is 221. The number of hydrogen-bond acceptors (Lipinski definition) is 3. The largest absolute Gasteiger partial charge is 0.378 e. The molecule has 4 nitrogen and oxygen atoms in total. The molecule has 1 fully saturated rings. The lowest BCUT2D eigenvalue weighted by molar-refractivity contribution is -0.138. The summed E-state index contributed by atoms with van der Waals surface area (Å²) in [5.74, 6) is 0.204. The van der Waals surface area contributed by atoms with Crippen LogP contribution in [0.1, 0.15) is 20.3 Å². The Hall–Kier alpha value is -0.610.